The summed E-state index contributed by atoms with van der Waals surface area (Å²) in [6.45, 7) is 10.5. The molecule has 2 rings (SSSR count). The van der Waals surface area contributed by atoms with Gasteiger partial charge < -0.3 is 25.6 Å². The van der Waals surface area contributed by atoms with Crippen LogP contribution < -0.4 is 16.0 Å². The highest BCUT2D eigenvalue weighted by molar-refractivity contribution is 5.94. The predicted octanol–water partition coefficient (Wildman–Crippen LogP) is 2.48. The van der Waals surface area contributed by atoms with E-state index in [-0.39, 0.29) is 17.4 Å². The lowest BCUT2D eigenvalue weighted by molar-refractivity contribution is -0.0835. The second-order valence-electron chi connectivity index (χ2n) is 9.63. The van der Waals surface area contributed by atoms with E-state index < -0.39 is 0 Å². The maximum Gasteiger partial charge on any atom is 0.251 e. The third-order valence-corrected chi connectivity index (χ3v) is 5.55. The van der Waals surface area contributed by atoms with Gasteiger partial charge in [0.2, 0.25) is 0 Å². The maximum absolute atomic E-state index is 12.4. The zero-order valence-corrected chi connectivity index (χ0v) is 20.1. The molecular formula is C24H41N5O2. The molecule has 1 heterocycles. The van der Waals surface area contributed by atoms with E-state index >= 15 is 0 Å². The standard InChI is InChI=1S/C24H41N5O2/c1-24(2,3)21-20(11-8-14-31-21)17-28-23(25-4)27-16-18-9-7-10-19(15-18)22(30)26-12-13-29(5)6/h7,9-10,15,20-21H,8,11-14,16-17H2,1-6H3,(H,26,30)(H2,25,27,28). The van der Waals surface area contributed by atoms with Crippen molar-refractivity contribution in [2.45, 2.75) is 46.3 Å². The van der Waals surface area contributed by atoms with E-state index in [1.165, 1.54) is 0 Å². The molecule has 1 amide bonds. The Labute approximate surface area is 188 Å². The minimum atomic E-state index is -0.0447. The summed E-state index contributed by atoms with van der Waals surface area (Å²) in [6.07, 6.45) is 2.51. The fourth-order valence-electron chi connectivity index (χ4n) is 3.96. The highest BCUT2D eigenvalue weighted by Gasteiger charge is 2.35. The number of carbonyl (C=O) groups is 1. The number of nitrogens with one attached hydrogen (secondary N) is 3. The molecule has 0 radical (unpaired) electrons. The first-order chi connectivity index (χ1) is 14.7. The summed E-state index contributed by atoms with van der Waals surface area (Å²) in [5.41, 5.74) is 1.84. The van der Waals surface area contributed by atoms with Crippen molar-refractivity contribution in [3.05, 3.63) is 35.4 Å². The molecule has 1 aromatic rings. The second-order valence-corrected chi connectivity index (χ2v) is 9.63. The van der Waals surface area contributed by atoms with Gasteiger partial charge in [-0.25, -0.2) is 0 Å². The van der Waals surface area contributed by atoms with Gasteiger partial charge in [-0.1, -0.05) is 32.9 Å². The van der Waals surface area contributed by atoms with Crippen LogP contribution in [-0.4, -0.2) is 70.3 Å². The van der Waals surface area contributed by atoms with Gasteiger partial charge in [-0.05, 0) is 50.0 Å². The molecule has 3 N–H and O–H groups in total. The van der Waals surface area contributed by atoms with Gasteiger partial charge in [0.25, 0.3) is 5.91 Å². The van der Waals surface area contributed by atoms with E-state index in [0.29, 0.717) is 24.6 Å². The number of likely N-dealkylation sites (N-methyl/N-ethyl adjacent to an activating group) is 1. The van der Waals surface area contributed by atoms with Crippen molar-refractivity contribution in [2.75, 3.05) is 47.4 Å². The molecule has 1 fully saturated rings. The number of ether oxygens (including phenoxy) is 1. The Hall–Kier alpha value is -2.12. The average Bonchev–Trinajstić information content (AvgIpc) is 2.73. The van der Waals surface area contributed by atoms with E-state index in [1.54, 1.807) is 7.05 Å². The summed E-state index contributed by atoms with van der Waals surface area (Å²) in [5, 5.41) is 9.78. The zero-order valence-electron chi connectivity index (χ0n) is 20.1. The molecule has 2 atom stereocenters. The van der Waals surface area contributed by atoms with E-state index in [2.05, 4.69) is 41.7 Å². The summed E-state index contributed by atoms with van der Waals surface area (Å²) in [4.78, 5) is 18.8. The fourth-order valence-corrected chi connectivity index (χ4v) is 3.96. The molecule has 7 nitrogen and oxygen atoms in total. The Morgan fingerprint density at radius 1 is 1.23 bits per heavy atom. The summed E-state index contributed by atoms with van der Waals surface area (Å²) in [5.74, 6) is 1.18. The highest BCUT2D eigenvalue weighted by atomic mass is 16.5. The SMILES string of the molecule is CN=C(NCc1cccc(C(=O)NCCN(C)C)c1)NCC1CCCOC1C(C)(C)C. The Bertz CT molecular complexity index is 727. The van der Waals surface area contributed by atoms with Gasteiger partial charge in [-0.2, -0.15) is 0 Å². The van der Waals surface area contributed by atoms with Crippen molar-refractivity contribution in [3.63, 3.8) is 0 Å². The molecule has 1 aliphatic rings. The number of carbonyl (C=O) groups excluding carboxylic acids is 1. The molecule has 0 bridgehead atoms. The summed E-state index contributed by atoms with van der Waals surface area (Å²) in [7, 11) is 5.76. The van der Waals surface area contributed by atoms with Crippen molar-refractivity contribution in [3.8, 4) is 0 Å². The molecule has 0 saturated carbocycles. The lowest BCUT2D eigenvalue weighted by atomic mass is 9.78. The quantitative estimate of drug-likeness (QED) is 0.435. The van der Waals surface area contributed by atoms with Crippen LogP contribution in [0.15, 0.2) is 29.3 Å². The molecule has 1 aromatic carbocycles. The number of aliphatic imine (C=N–C) groups is 1. The van der Waals surface area contributed by atoms with Gasteiger partial charge in [0.1, 0.15) is 0 Å². The van der Waals surface area contributed by atoms with E-state index in [4.69, 9.17) is 4.74 Å². The van der Waals surface area contributed by atoms with E-state index in [9.17, 15) is 4.79 Å². The Morgan fingerprint density at radius 2 is 2.00 bits per heavy atom. The number of hydrogen-bond donors (Lipinski definition) is 3. The minimum Gasteiger partial charge on any atom is -0.377 e. The van der Waals surface area contributed by atoms with Gasteiger partial charge in [-0.15, -0.1) is 0 Å². The molecule has 1 aliphatic heterocycles. The van der Waals surface area contributed by atoms with Gasteiger partial charge >= 0.3 is 0 Å². The van der Waals surface area contributed by atoms with Crippen molar-refractivity contribution in [2.24, 2.45) is 16.3 Å². The lowest BCUT2D eigenvalue weighted by Crippen LogP contribution is -2.47. The lowest BCUT2D eigenvalue weighted by Gasteiger charge is -2.40. The summed E-state index contributed by atoms with van der Waals surface area (Å²) < 4.78 is 6.09. The number of nitrogens with zero attached hydrogens (tertiary/aromatic N) is 2. The van der Waals surface area contributed by atoms with Crippen LogP contribution in [0.4, 0.5) is 0 Å². The van der Waals surface area contributed by atoms with Crippen molar-refractivity contribution >= 4 is 11.9 Å². The highest BCUT2D eigenvalue weighted by Crippen LogP contribution is 2.33. The monoisotopic (exact) mass is 431 g/mol. The van der Waals surface area contributed by atoms with Crippen LogP contribution in [0.2, 0.25) is 0 Å². The molecular weight excluding hydrogens is 390 g/mol. The number of guanidine groups is 1. The van der Waals surface area contributed by atoms with Crippen molar-refractivity contribution in [1.29, 1.82) is 0 Å². The molecule has 0 spiro atoms. The molecule has 0 aromatic heterocycles. The molecule has 7 heteroatoms. The molecule has 31 heavy (non-hydrogen) atoms. The smallest absolute Gasteiger partial charge is 0.251 e. The van der Waals surface area contributed by atoms with Crippen LogP contribution in [0.25, 0.3) is 0 Å². The van der Waals surface area contributed by atoms with Crippen LogP contribution in [0, 0.1) is 11.3 Å². The third-order valence-electron chi connectivity index (χ3n) is 5.55. The van der Waals surface area contributed by atoms with Crippen LogP contribution >= 0.6 is 0 Å². The van der Waals surface area contributed by atoms with Gasteiger partial charge in [0, 0.05) is 51.3 Å². The van der Waals surface area contributed by atoms with Crippen LogP contribution in [0.3, 0.4) is 0 Å². The topological polar surface area (TPSA) is 78.0 Å². The van der Waals surface area contributed by atoms with Crippen LogP contribution in [0.5, 0.6) is 0 Å². The maximum atomic E-state index is 12.4. The van der Waals surface area contributed by atoms with Crippen LogP contribution in [0.1, 0.15) is 49.5 Å². The van der Waals surface area contributed by atoms with Gasteiger partial charge in [0.05, 0.1) is 6.10 Å². The number of hydrogen-bond acceptors (Lipinski definition) is 4. The van der Waals surface area contributed by atoms with Gasteiger partial charge in [0.15, 0.2) is 5.96 Å². The number of amides is 1. The first-order valence-corrected chi connectivity index (χ1v) is 11.3. The minimum absolute atomic E-state index is 0.0447. The van der Waals surface area contributed by atoms with E-state index in [0.717, 1.165) is 44.1 Å². The first kappa shape index (κ1) is 25.1. The second kappa shape index (κ2) is 12.1. The average molecular weight is 432 g/mol. The molecule has 0 aliphatic carbocycles. The van der Waals surface area contributed by atoms with Crippen molar-refractivity contribution < 1.29 is 9.53 Å². The Morgan fingerprint density at radius 3 is 2.68 bits per heavy atom. The molecule has 174 valence electrons. The van der Waals surface area contributed by atoms with Crippen LogP contribution in [-0.2, 0) is 11.3 Å². The van der Waals surface area contributed by atoms with Gasteiger partial charge in [-0.3, -0.25) is 9.79 Å². The Balaban J connectivity index is 1.86. The third kappa shape index (κ3) is 8.50. The number of benzene rings is 1. The zero-order chi connectivity index (χ0) is 22.9. The first-order valence-electron chi connectivity index (χ1n) is 11.3. The summed E-state index contributed by atoms with van der Waals surface area (Å²) in [6, 6.07) is 7.70. The molecule has 2 unspecified atom stereocenters. The fraction of sp³-hybridized carbons (Fsp3) is 0.667. The number of rotatable bonds is 8. The predicted molar refractivity (Wildman–Crippen MR) is 127 cm³/mol. The largest absolute Gasteiger partial charge is 0.377 e. The molecule has 1 saturated heterocycles. The normalized spacial score (nSPS) is 19.9. The van der Waals surface area contributed by atoms with Crippen molar-refractivity contribution in [1.82, 2.24) is 20.9 Å². The Kier molecular flexibility index (Phi) is 9.78. The van der Waals surface area contributed by atoms with E-state index in [1.807, 2.05) is 43.3 Å². The summed E-state index contributed by atoms with van der Waals surface area (Å²) >= 11 is 0.